The molecule has 0 radical (unpaired) electrons. The van der Waals surface area contributed by atoms with E-state index in [0.29, 0.717) is 12.5 Å². The van der Waals surface area contributed by atoms with Crippen LogP contribution >= 0.6 is 0 Å². The van der Waals surface area contributed by atoms with Gasteiger partial charge in [0.2, 0.25) is 0 Å². The number of ether oxygens (including phenoxy) is 1. The standard InChI is InChI=1S/C11H16N2O/c1-14-8-10-7-13-5-3-11(10)9-2-4-12-6-9/h3,5,7,9,12H,2,4,6,8H2,1H3. The van der Waals surface area contributed by atoms with Crippen molar-refractivity contribution in [3.05, 3.63) is 29.6 Å². The van der Waals surface area contributed by atoms with E-state index < -0.39 is 0 Å². The van der Waals surface area contributed by atoms with Gasteiger partial charge in [-0.25, -0.2) is 0 Å². The van der Waals surface area contributed by atoms with Crippen LogP contribution in [0.2, 0.25) is 0 Å². The van der Waals surface area contributed by atoms with Crippen LogP contribution in [0.4, 0.5) is 0 Å². The van der Waals surface area contributed by atoms with E-state index in [2.05, 4.69) is 16.4 Å². The quantitative estimate of drug-likeness (QED) is 0.784. The maximum atomic E-state index is 5.17. The van der Waals surface area contributed by atoms with Crippen LogP contribution in [0.1, 0.15) is 23.5 Å². The number of nitrogens with zero attached hydrogens (tertiary/aromatic N) is 1. The lowest BCUT2D eigenvalue weighted by atomic mass is 9.95. The molecule has 1 aromatic rings. The number of rotatable bonds is 3. The number of hydrogen-bond acceptors (Lipinski definition) is 3. The third-order valence-electron chi connectivity index (χ3n) is 2.74. The first-order chi connectivity index (χ1) is 6.92. The average molecular weight is 192 g/mol. The molecule has 0 bridgehead atoms. The summed E-state index contributed by atoms with van der Waals surface area (Å²) in [4.78, 5) is 4.13. The van der Waals surface area contributed by atoms with E-state index >= 15 is 0 Å². The highest BCUT2D eigenvalue weighted by atomic mass is 16.5. The van der Waals surface area contributed by atoms with Gasteiger partial charge >= 0.3 is 0 Å². The Labute approximate surface area is 84.5 Å². The Morgan fingerprint density at radius 3 is 3.29 bits per heavy atom. The Morgan fingerprint density at radius 2 is 2.57 bits per heavy atom. The van der Waals surface area contributed by atoms with Gasteiger partial charge in [0, 0.05) is 26.0 Å². The maximum Gasteiger partial charge on any atom is 0.0730 e. The zero-order valence-corrected chi connectivity index (χ0v) is 8.49. The minimum absolute atomic E-state index is 0.642. The zero-order chi connectivity index (χ0) is 9.80. The molecule has 14 heavy (non-hydrogen) atoms. The molecular formula is C11H16N2O. The number of pyridine rings is 1. The number of aromatic nitrogens is 1. The third kappa shape index (κ3) is 1.94. The topological polar surface area (TPSA) is 34.1 Å². The van der Waals surface area contributed by atoms with Crippen molar-refractivity contribution in [1.29, 1.82) is 0 Å². The van der Waals surface area contributed by atoms with E-state index in [1.807, 2.05) is 12.4 Å². The van der Waals surface area contributed by atoms with Gasteiger partial charge in [0.15, 0.2) is 0 Å². The lowest BCUT2D eigenvalue weighted by Crippen LogP contribution is -2.09. The molecule has 1 N–H and O–H groups in total. The summed E-state index contributed by atoms with van der Waals surface area (Å²) >= 11 is 0. The van der Waals surface area contributed by atoms with Gasteiger partial charge in [0.1, 0.15) is 0 Å². The van der Waals surface area contributed by atoms with Crippen LogP contribution in [0.5, 0.6) is 0 Å². The van der Waals surface area contributed by atoms with Crippen molar-refractivity contribution < 1.29 is 4.74 Å². The van der Waals surface area contributed by atoms with Crippen molar-refractivity contribution in [2.75, 3.05) is 20.2 Å². The minimum atomic E-state index is 0.642. The van der Waals surface area contributed by atoms with Gasteiger partial charge in [-0.05, 0) is 36.1 Å². The highest BCUT2D eigenvalue weighted by Gasteiger charge is 2.18. The first-order valence-corrected chi connectivity index (χ1v) is 5.04. The number of hydrogen-bond donors (Lipinski definition) is 1. The monoisotopic (exact) mass is 192 g/mol. The summed E-state index contributed by atoms with van der Waals surface area (Å²) in [5, 5.41) is 3.38. The second-order valence-electron chi connectivity index (χ2n) is 3.70. The summed E-state index contributed by atoms with van der Waals surface area (Å²) in [6.45, 7) is 2.87. The molecule has 0 aromatic carbocycles. The molecule has 1 fully saturated rings. The molecule has 1 aliphatic heterocycles. The van der Waals surface area contributed by atoms with Gasteiger partial charge in [-0.3, -0.25) is 4.98 Å². The SMILES string of the molecule is COCc1cnccc1C1CCNC1. The maximum absolute atomic E-state index is 5.17. The Hall–Kier alpha value is -0.930. The molecule has 1 aliphatic rings. The first kappa shape index (κ1) is 9.62. The molecule has 1 unspecified atom stereocenters. The van der Waals surface area contributed by atoms with E-state index in [9.17, 15) is 0 Å². The highest BCUT2D eigenvalue weighted by Crippen LogP contribution is 2.25. The summed E-state index contributed by atoms with van der Waals surface area (Å²) < 4.78 is 5.17. The Balaban J connectivity index is 2.21. The van der Waals surface area contributed by atoms with Crippen LogP contribution in [0.15, 0.2) is 18.5 Å². The lowest BCUT2D eigenvalue weighted by Gasteiger charge is -2.13. The van der Waals surface area contributed by atoms with Crippen molar-refractivity contribution in [2.45, 2.75) is 18.9 Å². The molecular weight excluding hydrogens is 176 g/mol. The Kier molecular flexibility index (Phi) is 3.11. The molecule has 2 rings (SSSR count). The molecule has 1 aromatic heterocycles. The van der Waals surface area contributed by atoms with E-state index in [-0.39, 0.29) is 0 Å². The largest absolute Gasteiger partial charge is 0.380 e. The summed E-state index contributed by atoms with van der Waals surface area (Å²) in [5.74, 6) is 0.642. The smallest absolute Gasteiger partial charge is 0.0730 e. The van der Waals surface area contributed by atoms with Crippen LogP contribution in [-0.4, -0.2) is 25.2 Å². The third-order valence-corrected chi connectivity index (χ3v) is 2.74. The molecule has 0 amide bonds. The summed E-state index contributed by atoms with van der Waals surface area (Å²) in [6.07, 6.45) is 5.00. The Bertz CT molecular complexity index is 295. The van der Waals surface area contributed by atoms with Crippen LogP contribution in [0.3, 0.4) is 0 Å². The predicted octanol–water partition coefficient (Wildman–Crippen LogP) is 1.30. The molecule has 3 heteroatoms. The predicted molar refractivity (Wildman–Crippen MR) is 55.2 cm³/mol. The van der Waals surface area contributed by atoms with Gasteiger partial charge in [0.05, 0.1) is 6.61 Å². The van der Waals surface area contributed by atoms with E-state index in [0.717, 1.165) is 13.1 Å². The fraction of sp³-hybridized carbons (Fsp3) is 0.545. The van der Waals surface area contributed by atoms with Crippen LogP contribution in [0.25, 0.3) is 0 Å². The molecule has 0 saturated carbocycles. The second kappa shape index (κ2) is 4.53. The fourth-order valence-electron chi connectivity index (χ4n) is 2.03. The Morgan fingerprint density at radius 1 is 1.64 bits per heavy atom. The molecule has 76 valence electrons. The average Bonchev–Trinajstić information content (AvgIpc) is 2.72. The first-order valence-electron chi connectivity index (χ1n) is 5.04. The highest BCUT2D eigenvalue weighted by molar-refractivity contribution is 5.27. The van der Waals surface area contributed by atoms with E-state index in [1.165, 1.54) is 17.5 Å². The van der Waals surface area contributed by atoms with Gasteiger partial charge in [-0.1, -0.05) is 0 Å². The van der Waals surface area contributed by atoms with Gasteiger partial charge in [-0.15, -0.1) is 0 Å². The summed E-state index contributed by atoms with van der Waals surface area (Å²) in [5.41, 5.74) is 2.62. The molecule has 0 aliphatic carbocycles. The number of nitrogens with one attached hydrogen (secondary N) is 1. The molecule has 0 spiro atoms. The summed E-state index contributed by atoms with van der Waals surface area (Å²) in [6, 6.07) is 2.12. The van der Waals surface area contributed by atoms with Crippen molar-refractivity contribution in [3.63, 3.8) is 0 Å². The molecule has 1 saturated heterocycles. The lowest BCUT2D eigenvalue weighted by molar-refractivity contribution is 0.183. The van der Waals surface area contributed by atoms with Crippen molar-refractivity contribution in [1.82, 2.24) is 10.3 Å². The van der Waals surface area contributed by atoms with Gasteiger partial charge < -0.3 is 10.1 Å². The zero-order valence-electron chi connectivity index (χ0n) is 8.49. The summed E-state index contributed by atoms with van der Waals surface area (Å²) in [7, 11) is 1.73. The van der Waals surface area contributed by atoms with Gasteiger partial charge in [0.25, 0.3) is 0 Å². The van der Waals surface area contributed by atoms with Crippen molar-refractivity contribution in [2.24, 2.45) is 0 Å². The van der Waals surface area contributed by atoms with Crippen molar-refractivity contribution >= 4 is 0 Å². The molecule has 2 heterocycles. The second-order valence-corrected chi connectivity index (χ2v) is 3.70. The fourth-order valence-corrected chi connectivity index (χ4v) is 2.03. The van der Waals surface area contributed by atoms with Crippen LogP contribution in [-0.2, 0) is 11.3 Å². The molecule has 3 nitrogen and oxygen atoms in total. The van der Waals surface area contributed by atoms with E-state index in [4.69, 9.17) is 4.74 Å². The van der Waals surface area contributed by atoms with Crippen molar-refractivity contribution in [3.8, 4) is 0 Å². The molecule has 1 atom stereocenters. The van der Waals surface area contributed by atoms with Crippen LogP contribution < -0.4 is 5.32 Å². The normalized spacial score (nSPS) is 21.4. The minimum Gasteiger partial charge on any atom is -0.380 e. The van der Waals surface area contributed by atoms with Crippen LogP contribution in [0, 0.1) is 0 Å². The number of methoxy groups -OCH3 is 1. The van der Waals surface area contributed by atoms with E-state index in [1.54, 1.807) is 7.11 Å². The van der Waals surface area contributed by atoms with Gasteiger partial charge in [-0.2, -0.15) is 0 Å².